The predicted octanol–water partition coefficient (Wildman–Crippen LogP) is 2.47. The van der Waals surface area contributed by atoms with E-state index in [2.05, 4.69) is 5.32 Å². The molecule has 1 aromatic carbocycles. The topological polar surface area (TPSA) is 69.7 Å². The lowest BCUT2D eigenvalue weighted by molar-refractivity contribution is -0.141. The number of rotatable bonds is 2. The van der Waals surface area contributed by atoms with E-state index >= 15 is 0 Å². The van der Waals surface area contributed by atoms with Gasteiger partial charge in [0.1, 0.15) is 17.9 Å². The maximum Gasteiger partial charge on any atom is 0.325 e. The van der Waals surface area contributed by atoms with Gasteiger partial charge in [0.25, 0.3) is 5.91 Å². The number of halogens is 1. The monoisotopic (exact) mass is 391 g/mol. The molecule has 3 aliphatic heterocycles. The number of thioether (sulfide) groups is 1. The fourth-order valence-corrected chi connectivity index (χ4v) is 5.41. The van der Waals surface area contributed by atoms with Gasteiger partial charge in [0.15, 0.2) is 0 Å². The summed E-state index contributed by atoms with van der Waals surface area (Å²) in [5.41, 5.74) is -0.786. The summed E-state index contributed by atoms with van der Waals surface area (Å²) in [7, 11) is 0. The van der Waals surface area contributed by atoms with E-state index in [1.165, 1.54) is 23.9 Å². The first-order valence-corrected chi connectivity index (χ1v) is 10.3. The molecule has 0 aromatic heterocycles. The van der Waals surface area contributed by atoms with Gasteiger partial charge in [0, 0.05) is 28.8 Å². The summed E-state index contributed by atoms with van der Waals surface area (Å²) in [6, 6.07) is 3.84. The van der Waals surface area contributed by atoms with Crippen LogP contribution in [0, 0.1) is 5.82 Å². The second-order valence-corrected chi connectivity index (χ2v) is 8.53. The lowest BCUT2D eigenvalue weighted by Gasteiger charge is -2.35. The van der Waals surface area contributed by atoms with E-state index < -0.39 is 23.3 Å². The molecule has 8 heteroatoms. The Bertz CT molecular complexity index is 817. The van der Waals surface area contributed by atoms with E-state index in [1.807, 2.05) is 6.92 Å². The van der Waals surface area contributed by atoms with Crippen LogP contribution in [0.3, 0.4) is 0 Å². The Morgan fingerprint density at radius 1 is 1.37 bits per heavy atom. The van der Waals surface area contributed by atoms with Crippen molar-refractivity contribution in [2.24, 2.45) is 0 Å². The Labute approximate surface area is 161 Å². The highest BCUT2D eigenvalue weighted by Gasteiger charge is 2.55. The molecule has 4 rings (SSSR count). The first kappa shape index (κ1) is 18.3. The molecule has 144 valence electrons. The first-order valence-electron chi connectivity index (χ1n) is 9.29. The van der Waals surface area contributed by atoms with Crippen LogP contribution in [-0.2, 0) is 15.1 Å². The average Bonchev–Trinajstić information content (AvgIpc) is 2.88. The molecule has 0 radical (unpaired) electrons. The summed E-state index contributed by atoms with van der Waals surface area (Å²) in [6.07, 6.45) is 3.32. The number of urea groups is 1. The minimum Gasteiger partial charge on any atom is -0.338 e. The summed E-state index contributed by atoms with van der Waals surface area (Å²) in [5, 5.41) is 2.76. The van der Waals surface area contributed by atoms with Crippen LogP contribution in [0.15, 0.2) is 23.1 Å². The van der Waals surface area contributed by atoms with Crippen LogP contribution >= 0.6 is 11.8 Å². The number of benzene rings is 1. The number of carbonyl (C=O) groups excluding carboxylic acids is 3. The molecule has 6 nitrogen and oxygen atoms in total. The van der Waals surface area contributed by atoms with Crippen molar-refractivity contribution in [2.45, 2.75) is 49.1 Å². The van der Waals surface area contributed by atoms with Gasteiger partial charge in [-0.3, -0.25) is 14.5 Å². The van der Waals surface area contributed by atoms with Gasteiger partial charge < -0.3 is 10.2 Å². The maximum absolute atomic E-state index is 13.8. The molecule has 3 aliphatic rings. The van der Waals surface area contributed by atoms with Gasteiger partial charge >= 0.3 is 6.03 Å². The first-order chi connectivity index (χ1) is 12.9. The predicted molar refractivity (Wildman–Crippen MR) is 98.7 cm³/mol. The fourth-order valence-electron chi connectivity index (χ4n) is 4.23. The summed E-state index contributed by atoms with van der Waals surface area (Å²) in [4.78, 5) is 42.0. The van der Waals surface area contributed by atoms with Crippen LogP contribution in [0.1, 0.15) is 38.2 Å². The molecule has 1 spiro atoms. The third kappa shape index (κ3) is 2.99. The second-order valence-electron chi connectivity index (χ2n) is 7.40. The molecule has 3 heterocycles. The number of nitrogens with zero attached hydrogens (tertiary/aromatic N) is 2. The van der Waals surface area contributed by atoms with E-state index in [1.54, 1.807) is 11.0 Å². The van der Waals surface area contributed by atoms with Gasteiger partial charge in [-0.25, -0.2) is 9.18 Å². The van der Waals surface area contributed by atoms with Crippen LogP contribution < -0.4 is 5.32 Å². The van der Waals surface area contributed by atoms with Crippen molar-refractivity contribution in [3.05, 3.63) is 29.6 Å². The number of likely N-dealkylation sites (tertiary alicyclic amines) is 1. The quantitative estimate of drug-likeness (QED) is 0.787. The maximum atomic E-state index is 13.8. The van der Waals surface area contributed by atoms with E-state index in [0.29, 0.717) is 24.3 Å². The van der Waals surface area contributed by atoms with E-state index in [-0.39, 0.29) is 18.5 Å². The Morgan fingerprint density at radius 2 is 2.19 bits per heavy atom. The van der Waals surface area contributed by atoms with Crippen molar-refractivity contribution in [3.63, 3.8) is 0 Å². The number of carbonyl (C=O) groups is 3. The third-order valence-electron chi connectivity index (χ3n) is 5.73. The minimum absolute atomic E-state index is 0.113. The molecule has 0 bridgehead atoms. The lowest BCUT2D eigenvalue weighted by Crippen LogP contribution is -2.49. The number of fused-ring (bicyclic) bond motifs is 2. The van der Waals surface area contributed by atoms with Crippen LogP contribution in [0.2, 0.25) is 0 Å². The molecule has 1 N–H and O–H groups in total. The van der Waals surface area contributed by atoms with Crippen LogP contribution in [0.25, 0.3) is 0 Å². The largest absolute Gasteiger partial charge is 0.338 e. The van der Waals surface area contributed by atoms with Gasteiger partial charge in [-0.1, -0.05) is 0 Å². The van der Waals surface area contributed by atoms with Crippen LogP contribution in [0.4, 0.5) is 9.18 Å². The second kappa shape index (κ2) is 6.82. The van der Waals surface area contributed by atoms with Crippen molar-refractivity contribution in [1.29, 1.82) is 0 Å². The Balaban J connectivity index is 1.60. The minimum atomic E-state index is -1.27. The molecule has 1 aromatic rings. The van der Waals surface area contributed by atoms with Crippen LogP contribution in [-0.4, -0.2) is 52.5 Å². The van der Waals surface area contributed by atoms with Gasteiger partial charge in [0.2, 0.25) is 5.91 Å². The zero-order chi connectivity index (χ0) is 19.2. The standard InChI is InChI=1S/C19H22FN3O3S/c1-12-4-2-3-8-22(12)16(24)11-23-17(25)19(21-18(23)26)7-9-27-15-6-5-13(20)10-14(15)19/h5-6,10,12H,2-4,7-9,11H2,1H3,(H,21,26)/t12-,19+/m1/s1. The Morgan fingerprint density at radius 3 is 2.96 bits per heavy atom. The summed E-state index contributed by atoms with van der Waals surface area (Å²) in [5.74, 6) is -0.491. The van der Waals surface area contributed by atoms with Gasteiger partial charge in [-0.15, -0.1) is 11.8 Å². The molecule has 0 unspecified atom stereocenters. The number of amides is 4. The van der Waals surface area contributed by atoms with Crippen molar-refractivity contribution in [1.82, 2.24) is 15.1 Å². The molecule has 4 amide bonds. The molecule has 0 aliphatic carbocycles. The normalized spacial score (nSPS) is 27.7. The lowest BCUT2D eigenvalue weighted by atomic mass is 9.86. The highest BCUT2D eigenvalue weighted by Crippen LogP contribution is 2.44. The number of piperidine rings is 1. The molecular formula is C19H22FN3O3S. The fraction of sp³-hybridized carbons (Fsp3) is 0.526. The highest BCUT2D eigenvalue weighted by molar-refractivity contribution is 7.99. The summed E-state index contributed by atoms with van der Waals surface area (Å²) >= 11 is 1.54. The van der Waals surface area contributed by atoms with Gasteiger partial charge in [-0.05, 0) is 50.8 Å². The van der Waals surface area contributed by atoms with E-state index in [4.69, 9.17) is 0 Å². The number of imide groups is 1. The molecule has 0 saturated carbocycles. The molecular weight excluding hydrogens is 369 g/mol. The highest BCUT2D eigenvalue weighted by atomic mass is 32.2. The molecule has 2 atom stereocenters. The molecule has 2 saturated heterocycles. The van der Waals surface area contributed by atoms with E-state index in [0.717, 1.165) is 29.1 Å². The Kier molecular flexibility index (Phi) is 4.61. The third-order valence-corrected chi connectivity index (χ3v) is 6.80. The molecule has 27 heavy (non-hydrogen) atoms. The van der Waals surface area contributed by atoms with Gasteiger partial charge in [-0.2, -0.15) is 0 Å². The summed E-state index contributed by atoms with van der Waals surface area (Å²) < 4.78 is 13.8. The zero-order valence-corrected chi connectivity index (χ0v) is 16.0. The van der Waals surface area contributed by atoms with Crippen LogP contribution in [0.5, 0.6) is 0 Å². The zero-order valence-electron chi connectivity index (χ0n) is 15.2. The van der Waals surface area contributed by atoms with Crippen molar-refractivity contribution in [3.8, 4) is 0 Å². The van der Waals surface area contributed by atoms with Crippen molar-refractivity contribution in [2.75, 3.05) is 18.8 Å². The summed E-state index contributed by atoms with van der Waals surface area (Å²) in [6.45, 7) is 2.37. The average molecular weight is 391 g/mol. The van der Waals surface area contributed by atoms with Gasteiger partial charge in [0.05, 0.1) is 0 Å². The van der Waals surface area contributed by atoms with E-state index in [9.17, 15) is 18.8 Å². The number of hydrogen-bond acceptors (Lipinski definition) is 4. The van der Waals surface area contributed by atoms with Crippen molar-refractivity contribution < 1.29 is 18.8 Å². The Hall–Kier alpha value is -2.09. The SMILES string of the molecule is C[C@@H]1CCCCN1C(=O)CN1C(=O)N[C@]2(CCSc3ccc(F)cc32)C1=O. The van der Waals surface area contributed by atoms with Crippen molar-refractivity contribution >= 4 is 29.6 Å². The smallest absolute Gasteiger partial charge is 0.325 e. The number of nitrogens with one attached hydrogen (secondary N) is 1. The molecule has 2 fully saturated rings. The number of hydrogen-bond donors (Lipinski definition) is 1.